The van der Waals surface area contributed by atoms with Crippen LogP contribution in [-0.4, -0.2) is 29.3 Å². The molecule has 1 aromatic rings. The Morgan fingerprint density at radius 1 is 1.33 bits per heavy atom. The van der Waals surface area contributed by atoms with Gasteiger partial charge in [0.2, 0.25) is 0 Å². The second-order valence-electron chi connectivity index (χ2n) is 5.64. The van der Waals surface area contributed by atoms with Gasteiger partial charge >= 0.3 is 5.69 Å². The summed E-state index contributed by atoms with van der Waals surface area (Å²) < 4.78 is 5.04. The van der Waals surface area contributed by atoms with Crippen LogP contribution in [0.3, 0.4) is 0 Å². The summed E-state index contributed by atoms with van der Waals surface area (Å²) in [5.41, 5.74) is -0.0303. The maximum Gasteiger partial charge on any atom is 0.311 e. The zero-order valence-corrected chi connectivity index (χ0v) is 12.3. The molecule has 1 aromatic carbocycles. The van der Waals surface area contributed by atoms with E-state index in [9.17, 15) is 15.2 Å². The molecule has 0 aliphatic heterocycles. The van der Waals surface area contributed by atoms with Crippen molar-refractivity contribution in [3.8, 4) is 5.75 Å². The fourth-order valence-corrected chi connectivity index (χ4v) is 2.77. The van der Waals surface area contributed by atoms with Crippen molar-refractivity contribution >= 4 is 11.4 Å². The predicted octanol–water partition coefficient (Wildman–Crippen LogP) is 3.10. The fraction of sp³-hybridized carbons (Fsp3) is 0.600. The third kappa shape index (κ3) is 4.07. The molecule has 1 aliphatic rings. The van der Waals surface area contributed by atoms with Crippen LogP contribution < -0.4 is 10.1 Å². The number of nitrogens with zero attached hydrogens (tertiary/aromatic N) is 1. The van der Waals surface area contributed by atoms with Crippen LogP contribution in [0.1, 0.15) is 38.5 Å². The molecule has 116 valence electrons. The number of nitro benzene ring substituents is 1. The number of nitro groups is 1. The highest BCUT2D eigenvalue weighted by Crippen LogP contribution is 2.31. The molecule has 0 radical (unpaired) electrons. The monoisotopic (exact) mass is 294 g/mol. The molecule has 1 saturated carbocycles. The van der Waals surface area contributed by atoms with Crippen LogP contribution in [-0.2, 0) is 0 Å². The second kappa shape index (κ2) is 6.76. The number of hydrogen-bond donors (Lipinski definition) is 2. The molecule has 0 spiro atoms. The van der Waals surface area contributed by atoms with Crippen LogP contribution in [0.15, 0.2) is 18.2 Å². The number of ether oxygens (including phenoxy) is 1. The van der Waals surface area contributed by atoms with Crippen molar-refractivity contribution in [2.75, 3.05) is 19.0 Å². The summed E-state index contributed by atoms with van der Waals surface area (Å²) in [6.45, 7) is 0.452. The quantitative estimate of drug-likeness (QED) is 0.495. The van der Waals surface area contributed by atoms with E-state index in [4.69, 9.17) is 4.74 Å². The third-order valence-corrected chi connectivity index (χ3v) is 4.03. The normalized spacial score (nSPS) is 17.8. The molecule has 0 saturated heterocycles. The van der Waals surface area contributed by atoms with Gasteiger partial charge in [-0.1, -0.05) is 25.7 Å². The van der Waals surface area contributed by atoms with Crippen molar-refractivity contribution in [1.29, 1.82) is 0 Å². The van der Waals surface area contributed by atoms with Crippen molar-refractivity contribution < 1.29 is 14.8 Å². The van der Waals surface area contributed by atoms with Crippen molar-refractivity contribution in [1.82, 2.24) is 0 Å². The predicted molar refractivity (Wildman–Crippen MR) is 80.8 cm³/mol. The Hall–Kier alpha value is -1.82. The van der Waals surface area contributed by atoms with E-state index in [0.29, 0.717) is 6.54 Å². The van der Waals surface area contributed by atoms with Gasteiger partial charge in [0.25, 0.3) is 0 Å². The van der Waals surface area contributed by atoms with Gasteiger partial charge in [-0.3, -0.25) is 10.1 Å². The minimum absolute atomic E-state index is 0.0590. The smallest absolute Gasteiger partial charge is 0.311 e. The zero-order valence-electron chi connectivity index (χ0n) is 12.3. The third-order valence-electron chi connectivity index (χ3n) is 4.03. The SMILES string of the molecule is COc1cc(NCC2(O)CCCCCC2)ccc1[N+](=O)[O-]. The number of aliphatic hydroxyl groups is 1. The first kappa shape index (κ1) is 15.6. The van der Waals surface area contributed by atoms with Gasteiger partial charge < -0.3 is 15.2 Å². The number of rotatable bonds is 5. The van der Waals surface area contributed by atoms with Crippen molar-refractivity contribution in [2.24, 2.45) is 0 Å². The molecule has 0 aromatic heterocycles. The van der Waals surface area contributed by atoms with Crippen molar-refractivity contribution in [3.05, 3.63) is 28.3 Å². The van der Waals surface area contributed by atoms with E-state index in [2.05, 4.69) is 5.32 Å². The lowest BCUT2D eigenvalue weighted by atomic mass is 9.94. The lowest BCUT2D eigenvalue weighted by Gasteiger charge is -2.27. The highest BCUT2D eigenvalue weighted by Gasteiger charge is 2.27. The number of benzene rings is 1. The van der Waals surface area contributed by atoms with Crippen LogP contribution in [0.2, 0.25) is 0 Å². The summed E-state index contributed by atoms with van der Waals surface area (Å²) in [5.74, 6) is 0.220. The van der Waals surface area contributed by atoms with Gasteiger partial charge in [-0.15, -0.1) is 0 Å². The molecule has 6 nitrogen and oxygen atoms in total. The maximum absolute atomic E-state index is 10.9. The number of hydrogen-bond acceptors (Lipinski definition) is 5. The van der Waals surface area contributed by atoms with Crippen LogP contribution in [0.4, 0.5) is 11.4 Å². The highest BCUT2D eigenvalue weighted by molar-refractivity contribution is 5.58. The minimum atomic E-state index is -0.689. The van der Waals surface area contributed by atoms with E-state index in [-0.39, 0.29) is 11.4 Å². The van der Waals surface area contributed by atoms with Gasteiger partial charge in [0.15, 0.2) is 5.75 Å². The fourth-order valence-electron chi connectivity index (χ4n) is 2.77. The first-order chi connectivity index (χ1) is 10.0. The lowest BCUT2D eigenvalue weighted by molar-refractivity contribution is -0.385. The average Bonchev–Trinajstić information content (AvgIpc) is 2.70. The summed E-state index contributed by atoms with van der Waals surface area (Å²) in [4.78, 5) is 10.4. The summed E-state index contributed by atoms with van der Waals surface area (Å²) in [6, 6.07) is 4.65. The summed E-state index contributed by atoms with van der Waals surface area (Å²) in [5, 5.41) is 24.6. The number of anilines is 1. The van der Waals surface area contributed by atoms with E-state index < -0.39 is 10.5 Å². The Bertz CT molecular complexity index is 496. The first-order valence-corrected chi connectivity index (χ1v) is 7.33. The Labute approximate surface area is 124 Å². The zero-order chi connectivity index (χ0) is 15.3. The maximum atomic E-state index is 10.9. The molecule has 21 heavy (non-hydrogen) atoms. The molecule has 0 bridgehead atoms. The molecule has 6 heteroatoms. The highest BCUT2D eigenvalue weighted by atomic mass is 16.6. The Morgan fingerprint density at radius 2 is 2.00 bits per heavy atom. The van der Waals surface area contributed by atoms with E-state index in [1.165, 1.54) is 26.0 Å². The molecule has 0 amide bonds. The standard InChI is InChI=1S/C15H22N2O4/c1-21-14-10-12(6-7-13(14)17(19)20)16-11-15(18)8-4-2-3-5-9-15/h6-7,10,16,18H,2-5,8-9,11H2,1H3. The molecule has 0 heterocycles. The average molecular weight is 294 g/mol. The van der Waals surface area contributed by atoms with Crippen LogP contribution in [0, 0.1) is 10.1 Å². The Morgan fingerprint density at radius 3 is 2.57 bits per heavy atom. The molecular weight excluding hydrogens is 272 g/mol. The first-order valence-electron chi connectivity index (χ1n) is 7.33. The van der Waals surface area contributed by atoms with Gasteiger partial charge in [-0.2, -0.15) is 0 Å². The number of nitrogens with one attached hydrogen (secondary N) is 1. The molecular formula is C15H22N2O4. The van der Waals surface area contributed by atoms with Gasteiger partial charge in [0, 0.05) is 24.4 Å². The summed E-state index contributed by atoms with van der Waals surface area (Å²) >= 11 is 0. The Balaban J connectivity index is 2.04. The lowest BCUT2D eigenvalue weighted by Crippen LogP contribution is -2.36. The van der Waals surface area contributed by atoms with Gasteiger partial charge in [-0.05, 0) is 18.9 Å². The summed E-state index contributed by atoms with van der Waals surface area (Å²) in [6.07, 6.45) is 6.03. The topological polar surface area (TPSA) is 84.6 Å². The van der Waals surface area contributed by atoms with Gasteiger partial charge in [-0.25, -0.2) is 0 Å². The minimum Gasteiger partial charge on any atom is -0.490 e. The van der Waals surface area contributed by atoms with E-state index in [1.807, 2.05) is 0 Å². The summed E-state index contributed by atoms with van der Waals surface area (Å²) in [7, 11) is 1.41. The van der Waals surface area contributed by atoms with E-state index in [1.54, 1.807) is 12.1 Å². The molecule has 0 atom stereocenters. The largest absolute Gasteiger partial charge is 0.490 e. The van der Waals surface area contributed by atoms with E-state index in [0.717, 1.165) is 31.4 Å². The van der Waals surface area contributed by atoms with Gasteiger partial charge in [0.05, 0.1) is 17.6 Å². The molecule has 2 N–H and O–H groups in total. The molecule has 2 rings (SSSR count). The van der Waals surface area contributed by atoms with Crippen LogP contribution >= 0.6 is 0 Å². The molecule has 0 unspecified atom stereocenters. The van der Waals surface area contributed by atoms with Crippen molar-refractivity contribution in [3.63, 3.8) is 0 Å². The molecule has 1 aliphatic carbocycles. The van der Waals surface area contributed by atoms with Crippen LogP contribution in [0.25, 0.3) is 0 Å². The Kier molecular flexibility index (Phi) is 5.01. The van der Waals surface area contributed by atoms with Crippen molar-refractivity contribution in [2.45, 2.75) is 44.1 Å². The van der Waals surface area contributed by atoms with Crippen LogP contribution in [0.5, 0.6) is 5.75 Å². The molecule has 1 fully saturated rings. The van der Waals surface area contributed by atoms with E-state index >= 15 is 0 Å². The number of methoxy groups -OCH3 is 1. The second-order valence-corrected chi connectivity index (χ2v) is 5.64. The van der Waals surface area contributed by atoms with Gasteiger partial charge in [0.1, 0.15) is 0 Å².